The van der Waals surface area contributed by atoms with E-state index in [1.165, 1.54) is 51.4 Å². The first-order chi connectivity index (χ1) is 14.3. The van der Waals surface area contributed by atoms with Crippen molar-refractivity contribution < 1.29 is 4.79 Å². The second-order valence-corrected chi connectivity index (χ2v) is 9.79. The summed E-state index contributed by atoms with van der Waals surface area (Å²) in [6.07, 6.45) is 6.68. The smallest absolute Gasteiger partial charge is 0.222 e. The monoisotopic (exact) mass is 406 g/mol. The summed E-state index contributed by atoms with van der Waals surface area (Å²) in [5, 5.41) is 2.79. The highest BCUT2D eigenvalue weighted by atomic mass is 32.1. The predicted octanol–water partition coefficient (Wildman–Crippen LogP) is 5.67. The van der Waals surface area contributed by atoms with E-state index in [0.717, 1.165) is 51.5 Å². The molecule has 2 saturated heterocycles. The van der Waals surface area contributed by atoms with Gasteiger partial charge in [0.25, 0.3) is 0 Å². The number of rotatable bonds is 5. The number of carbonyl (C=O) groups excluding carboxylic acids is 1. The fraction of sp³-hybridized carbons (Fsp3) is 0.480. The molecule has 2 aromatic carbocycles. The van der Waals surface area contributed by atoms with Gasteiger partial charge in [0.1, 0.15) is 0 Å². The van der Waals surface area contributed by atoms with Gasteiger partial charge in [0.2, 0.25) is 5.91 Å². The Morgan fingerprint density at radius 1 is 0.931 bits per heavy atom. The van der Waals surface area contributed by atoms with Crippen LogP contribution in [-0.2, 0) is 11.3 Å². The Morgan fingerprint density at radius 3 is 2.52 bits per heavy atom. The maximum absolute atomic E-state index is 12.3. The maximum atomic E-state index is 12.3. The van der Waals surface area contributed by atoms with Crippen LogP contribution in [0.3, 0.4) is 0 Å². The van der Waals surface area contributed by atoms with Gasteiger partial charge in [0, 0.05) is 46.2 Å². The van der Waals surface area contributed by atoms with Gasteiger partial charge in [-0.3, -0.25) is 9.69 Å². The van der Waals surface area contributed by atoms with Gasteiger partial charge in [0.15, 0.2) is 0 Å². The summed E-state index contributed by atoms with van der Waals surface area (Å²) in [6.45, 7) is 5.33. The molecule has 4 heteroatoms. The van der Waals surface area contributed by atoms with Gasteiger partial charge in [-0.25, -0.2) is 0 Å². The van der Waals surface area contributed by atoms with E-state index in [9.17, 15) is 4.79 Å². The van der Waals surface area contributed by atoms with E-state index >= 15 is 0 Å². The average Bonchev–Trinajstić information content (AvgIpc) is 3.42. The Kier molecular flexibility index (Phi) is 5.56. The van der Waals surface area contributed by atoms with Crippen molar-refractivity contribution in [1.82, 2.24) is 9.80 Å². The van der Waals surface area contributed by atoms with Crippen LogP contribution in [0.15, 0.2) is 42.5 Å². The van der Waals surface area contributed by atoms with Crippen LogP contribution < -0.4 is 0 Å². The molecule has 2 aliphatic rings. The third-order valence-corrected chi connectivity index (χ3v) is 8.07. The molecular weight excluding hydrogens is 376 g/mol. The van der Waals surface area contributed by atoms with Crippen molar-refractivity contribution in [3.05, 3.63) is 48.0 Å². The standard InChI is InChI=1S/C25H30N2OS/c28-24(27-14-3-4-15-27)11-10-19-12-16-26(17-13-19)18-20-6-5-8-22-21-7-1-2-9-23(21)29-25(20)22/h1-2,5-9,19H,3-4,10-18H2. The molecule has 0 atom stereocenters. The number of benzene rings is 2. The molecule has 1 aromatic heterocycles. The molecule has 0 unspecified atom stereocenters. The third kappa shape index (κ3) is 4.06. The summed E-state index contributed by atoms with van der Waals surface area (Å²) < 4.78 is 2.84. The molecule has 3 nitrogen and oxygen atoms in total. The van der Waals surface area contributed by atoms with Crippen LogP contribution >= 0.6 is 11.3 Å². The van der Waals surface area contributed by atoms with Crippen LogP contribution in [0.5, 0.6) is 0 Å². The van der Waals surface area contributed by atoms with E-state index in [4.69, 9.17) is 0 Å². The largest absolute Gasteiger partial charge is 0.343 e. The topological polar surface area (TPSA) is 23.6 Å². The molecule has 0 N–H and O–H groups in total. The number of amides is 1. The van der Waals surface area contributed by atoms with Gasteiger partial charge in [0.05, 0.1) is 0 Å². The molecule has 3 heterocycles. The minimum atomic E-state index is 0.390. The normalized spacial score (nSPS) is 18.8. The van der Waals surface area contributed by atoms with Crippen molar-refractivity contribution >= 4 is 37.4 Å². The van der Waals surface area contributed by atoms with E-state index in [-0.39, 0.29) is 0 Å². The number of nitrogens with zero attached hydrogens (tertiary/aromatic N) is 2. The van der Waals surface area contributed by atoms with Crippen LogP contribution in [-0.4, -0.2) is 41.9 Å². The number of hydrogen-bond donors (Lipinski definition) is 0. The Bertz CT molecular complexity index is 996. The molecular formula is C25H30N2OS. The summed E-state index contributed by atoms with van der Waals surface area (Å²) in [4.78, 5) is 17.0. The minimum Gasteiger partial charge on any atom is -0.343 e. The second kappa shape index (κ2) is 8.45. The van der Waals surface area contributed by atoms with Crippen LogP contribution in [0.4, 0.5) is 0 Å². The molecule has 152 valence electrons. The zero-order chi connectivity index (χ0) is 19.6. The quantitative estimate of drug-likeness (QED) is 0.545. The van der Waals surface area contributed by atoms with Crippen molar-refractivity contribution in [1.29, 1.82) is 0 Å². The van der Waals surface area contributed by atoms with Gasteiger partial charge in [-0.05, 0) is 62.7 Å². The molecule has 29 heavy (non-hydrogen) atoms. The number of fused-ring (bicyclic) bond motifs is 3. The van der Waals surface area contributed by atoms with Gasteiger partial charge >= 0.3 is 0 Å². The average molecular weight is 407 g/mol. The first-order valence-electron chi connectivity index (χ1n) is 11.2. The van der Waals surface area contributed by atoms with Crippen molar-refractivity contribution in [3.8, 4) is 0 Å². The van der Waals surface area contributed by atoms with Crippen molar-refractivity contribution in [3.63, 3.8) is 0 Å². The summed E-state index contributed by atoms with van der Waals surface area (Å²) in [7, 11) is 0. The molecule has 0 spiro atoms. The number of carbonyl (C=O) groups is 1. The summed E-state index contributed by atoms with van der Waals surface area (Å²) in [5.74, 6) is 1.11. The SMILES string of the molecule is O=C(CCC1CCN(Cc2cccc3c2sc2ccccc23)CC1)N1CCCC1. The summed E-state index contributed by atoms with van der Waals surface area (Å²) in [6, 6.07) is 15.5. The van der Waals surface area contributed by atoms with Crippen molar-refractivity contribution in [2.45, 2.75) is 45.1 Å². The second-order valence-electron chi connectivity index (χ2n) is 8.74. The van der Waals surface area contributed by atoms with E-state index < -0.39 is 0 Å². The summed E-state index contributed by atoms with van der Waals surface area (Å²) in [5.41, 5.74) is 1.46. The fourth-order valence-corrected chi connectivity index (χ4v) is 6.26. The van der Waals surface area contributed by atoms with E-state index in [1.807, 2.05) is 11.3 Å². The molecule has 1 amide bonds. The highest BCUT2D eigenvalue weighted by molar-refractivity contribution is 7.26. The third-order valence-electron chi connectivity index (χ3n) is 6.81. The number of likely N-dealkylation sites (tertiary alicyclic amines) is 2. The zero-order valence-electron chi connectivity index (χ0n) is 17.1. The van der Waals surface area contributed by atoms with Crippen LogP contribution in [0.25, 0.3) is 20.2 Å². The lowest BCUT2D eigenvalue weighted by atomic mass is 9.91. The molecule has 2 aliphatic heterocycles. The highest BCUT2D eigenvalue weighted by Crippen LogP contribution is 2.36. The lowest BCUT2D eigenvalue weighted by Gasteiger charge is -2.32. The number of piperidine rings is 1. The molecule has 0 bridgehead atoms. The van der Waals surface area contributed by atoms with Gasteiger partial charge < -0.3 is 4.90 Å². The van der Waals surface area contributed by atoms with E-state index in [1.54, 1.807) is 0 Å². The van der Waals surface area contributed by atoms with Crippen LogP contribution in [0, 0.1) is 5.92 Å². The Balaban J connectivity index is 1.18. The Morgan fingerprint density at radius 2 is 1.69 bits per heavy atom. The number of hydrogen-bond acceptors (Lipinski definition) is 3. The van der Waals surface area contributed by atoms with Crippen LogP contribution in [0.2, 0.25) is 0 Å². The Hall–Kier alpha value is -1.91. The van der Waals surface area contributed by atoms with Crippen molar-refractivity contribution in [2.75, 3.05) is 26.2 Å². The van der Waals surface area contributed by atoms with E-state index in [2.05, 4.69) is 52.3 Å². The lowest BCUT2D eigenvalue weighted by Crippen LogP contribution is -2.34. The predicted molar refractivity (Wildman–Crippen MR) is 122 cm³/mol. The lowest BCUT2D eigenvalue weighted by molar-refractivity contribution is -0.130. The first kappa shape index (κ1) is 19.1. The number of thiophene rings is 1. The zero-order valence-corrected chi connectivity index (χ0v) is 17.9. The molecule has 5 rings (SSSR count). The van der Waals surface area contributed by atoms with Crippen molar-refractivity contribution in [2.24, 2.45) is 5.92 Å². The summed E-state index contributed by atoms with van der Waals surface area (Å²) >= 11 is 1.93. The fourth-order valence-electron chi connectivity index (χ4n) is 5.06. The van der Waals surface area contributed by atoms with Gasteiger partial charge in [-0.1, -0.05) is 36.4 Å². The maximum Gasteiger partial charge on any atom is 0.222 e. The molecule has 0 radical (unpaired) electrons. The first-order valence-corrected chi connectivity index (χ1v) is 12.0. The van der Waals surface area contributed by atoms with Crippen LogP contribution in [0.1, 0.15) is 44.1 Å². The van der Waals surface area contributed by atoms with E-state index in [0.29, 0.717) is 5.91 Å². The molecule has 2 fully saturated rings. The highest BCUT2D eigenvalue weighted by Gasteiger charge is 2.23. The van der Waals surface area contributed by atoms with Gasteiger partial charge in [-0.15, -0.1) is 11.3 Å². The molecule has 0 saturated carbocycles. The molecule has 3 aromatic rings. The molecule has 0 aliphatic carbocycles. The minimum absolute atomic E-state index is 0.390. The van der Waals surface area contributed by atoms with Gasteiger partial charge in [-0.2, -0.15) is 0 Å². The Labute approximate surface area is 177 Å².